The van der Waals surface area contributed by atoms with E-state index in [1.165, 1.54) is 0 Å². The lowest BCUT2D eigenvalue weighted by atomic mass is 9.80. The molecule has 1 rings (SSSR count). The molecule has 1 fully saturated rings. The molecule has 4 nitrogen and oxygen atoms in total. The molecule has 18 heavy (non-hydrogen) atoms. The monoisotopic (exact) mass is 278 g/mol. The average Bonchev–Trinajstić information content (AvgIpc) is 2.07. The number of rotatable bonds is 3. The third-order valence-electron chi connectivity index (χ3n) is 3.00. The summed E-state index contributed by atoms with van der Waals surface area (Å²) >= 11 is 0. The number of halogens is 1. The molecule has 0 aromatic carbocycles. The van der Waals surface area contributed by atoms with Crippen LogP contribution in [-0.4, -0.2) is 36.2 Å². The summed E-state index contributed by atoms with van der Waals surface area (Å²) in [5.74, 6) is 0.570. The summed E-state index contributed by atoms with van der Waals surface area (Å²) in [7, 11) is 0. The summed E-state index contributed by atoms with van der Waals surface area (Å²) in [6.07, 6.45) is 0.877. The Kier molecular flexibility index (Phi) is 5.95. The van der Waals surface area contributed by atoms with Gasteiger partial charge in [0.2, 0.25) is 0 Å². The second-order valence-electron chi connectivity index (χ2n) is 6.82. The molecular formula is C13H27ClN2O2. The van der Waals surface area contributed by atoms with Crippen molar-refractivity contribution >= 4 is 18.5 Å². The molecule has 5 heteroatoms. The van der Waals surface area contributed by atoms with Crippen LogP contribution in [0.4, 0.5) is 4.79 Å². The van der Waals surface area contributed by atoms with Crippen LogP contribution in [0.15, 0.2) is 0 Å². The van der Waals surface area contributed by atoms with E-state index in [4.69, 9.17) is 10.5 Å². The van der Waals surface area contributed by atoms with E-state index in [0.717, 1.165) is 19.5 Å². The first-order valence-electron chi connectivity index (χ1n) is 6.31. The van der Waals surface area contributed by atoms with Crippen LogP contribution in [-0.2, 0) is 4.74 Å². The maximum absolute atomic E-state index is 11.7. The Hall–Kier alpha value is -0.480. The van der Waals surface area contributed by atoms with E-state index in [-0.39, 0.29) is 23.9 Å². The Morgan fingerprint density at radius 2 is 1.78 bits per heavy atom. The van der Waals surface area contributed by atoms with Crippen molar-refractivity contribution in [2.24, 2.45) is 17.1 Å². The van der Waals surface area contributed by atoms with Gasteiger partial charge in [0.1, 0.15) is 5.60 Å². The lowest BCUT2D eigenvalue weighted by Crippen LogP contribution is -2.52. The Bertz CT molecular complexity index is 281. The molecule has 108 valence electrons. The minimum atomic E-state index is -0.404. The van der Waals surface area contributed by atoms with Crippen molar-refractivity contribution in [3.05, 3.63) is 0 Å². The number of nitrogens with two attached hydrogens (primary N) is 1. The van der Waals surface area contributed by atoms with Crippen LogP contribution in [0.2, 0.25) is 0 Å². The number of nitrogens with zero attached hydrogens (tertiary/aromatic N) is 1. The molecular weight excluding hydrogens is 252 g/mol. The van der Waals surface area contributed by atoms with Crippen LogP contribution in [0.5, 0.6) is 0 Å². The lowest BCUT2D eigenvalue weighted by Gasteiger charge is -2.42. The van der Waals surface area contributed by atoms with Crippen molar-refractivity contribution in [2.75, 3.05) is 19.6 Å². The number of hydrogen-bond acceptors (Lipinski definition) is 3. The zero-order valence-electron chi connectivity index (χ0n) is 12.2. The number of likely N-dealkylation sites (tertiary alicyclic amines) is 1. The van der Waals surface area contributed by atoms with Crippen LogP contribution in [0.1, 0.15) is 41.0 Å². The van der Waals surface area contributed by atoms with E-state index in [2.05, 4.69) is 13.8 Å². The van der Waals surface area contributed by atoms with Crippen molar-refractivity contribution in [3.8, 4) is 0 Å². The molecule has 0 bridgehead atoms. The lowest BCUT2D eigenvalue weighted by molar-refractivity contribution is -0.00727. The highest BCUT2D eigenvalue weighted by atomic mass is 35.5. The van der Waals surface area contributed by atoms with Gasteiger partial charge in [-0.15, -0.1) is 12.4 Å². The molecule has 0 radical (unpaired) electrons. The minimum absolute atomic E-state index is 0. The first kappa shape index (κ1) is 17.5. The van der Waals surface area contributed by atoms with Crippen molar-refractivity contribution in [2.45, 2.75) is 46.6 Å². The van der Waals surface area contributed by atoms with Gasteiger partial charge in [-0.25, -0.2) is 4.79 Å². The van der Waals surface area contributed by atoms with E-state index in [0.29, 0.717) is 12.5 Å². The van der Waals surface area contributed by atoms with E-state index in [1.54, 1.807) is 4.90 Å². The van der Waals surface area contributed by atoms with E-state index in [9.17, 15) is 4.79 Å². The molecule has 1 aliphatic rings. The number of amides is 1. The molecule has 1 heterocycles. The second-order valence-corrected chi connectivity index (χ2v) is 6.82. The number of hydrogen-bond donors (Lipinski definition) is 1. The Morgan fingerprint density at radius 1 is 1.28 bits per heavy atom. The highest BCUT2D eigenvalue weighted by Gasteiger charge is 2.36. The summed E-state index contributed by atoms with van der Waals surface area (Å²) in [6, 6.07) is 0. The maximum atomic E-state index is 11.7. The van der Waals surface area contributed by atoms with Crippen molar-refractivity contribution in [1.29, 1.82) is 0 Å². The summed E-state index contributed by atoms with van der Waals surface area (Å²) in [5, 5.41) is 0. The maximum Gasteiger partial charge on any atom is 0.410 e. The standard InChI is InChI=1S/C13H26N2O2.ClH/c1-12(2,3)17-11(16)15-7-10(8-15)6-13(4,5)9-14;/h10H,6-9,14H2,1-5H3;1H. The first-order chi connectivity index (χ1) is 7.63. The molecule has 2 N–H and O–H groups in total. The topological polar surface area (TPSA) is 55.6 Å². The predicted octanol–water partition coefficient (Wildman–Crippen LogP) is 2.65. The van der Waals surface area contributed by atoms with Gasteiger partial charge in [-0.05, 0) is 45.1 Å². The predicted molar refractivity (Wildman–Crippen MR) is 76.0 cm³/mol. The third-order valence-corrected chi connectivity index (χ3v) is 3.00. The number of carbonyl (C=O) groups is 1. The fourth-order valence-electron chi connectivity index (χ4n) is 2.04. The van der Waals surface area contributed by atoms with Gasteiger partial charge in [0.25, 0.3) is 0 Å². The Morgan fingerprint density at radius 3 is 2.17 bits per heavy atom. The summed E-state index contributed by atoms with van der Waals surface area (Å²) in [5.41, 5.74) is 5.47. The largest absolute Gasteiger partial charge is 0.444 e. The molecule has 0 aromatic heterocycles. The average molecular weight is 279 g/mol. The minimum Gasteiger partial charge on any atom is -0.444 e. The molecule has 1 aliphatic heterocycles. The molecule has 1 saturated heterocycles. The van der Waals surface area contributed by atoms with E-state index < -0.39 is 5.60 Å². The van der Waals surface area contributed by atoms with Crippen LogP contribution in [0, 0.1) is 11.3 Å². The third kappa shape index (κ3) is 5.44. The van der Waals surface area contributed by atoms with Crippen LogP contribution in [0.3, 0.4) is 0 Å². The first-order valence-corrected chi connectivity index (χ1v) is 6.31. The van der Waals surface area contributed by atoms with Crippen molar-refractivity contribution in [3.63, 3.8) is 0 Å². The van der Waals surface area contributed by atoms with Gasteiger partial charge in [0.05, 0.1) is 0 Å². The molecule has 0 aromatic rings. The van der Waals surface area contributed by atoms with Gasteiger partial charge in [0, 0.05) is 13.1 Å². The second kappa shape index (κ2) is 6.11. The Labute approximate surface area is 117 Å². The normalized spacial score (nSPS) is 16.9. The van der Waals surface area contributed by atoms with Crippen molar-refractivity contribution in [1.82, 2.24) is 4.90 Å². The van der Waals surface area contributed by atoms with Gasteiger partial charge in [-0.2, -0.15) is 0 Å². The van der Waals surface area contributed by atoms with Gasteiger partial charge in [-0.3, -0.25) is 0 Å². The highest BCUT2D eigenvalue weighted by Crippen LogP contribution is 2.30. The zero-order chi connectivity index (χ0) is 13.3. The highest BCUT2D eigenvalue weighted by molar-refractivity contribution is 5.85. The molecule has 0 saturated carbocycles. The van der Waals surface area contributed by atoms with Gasteiger partial charge >= 0.3 is 6.09 Å². The Balaban J connectivity index is 0.00000289. The number of ether oxygens (including phenoxy) is 1. The quantitative estimate of drug-likeness (QED) is 0.863. The molecule has 0 spiro atoms. The van der Waals surface area contributed by atoms with Gasteiger partial charge in [0.15, 0.2) is 0 Å². The number of carbonyl (C=O) groups excluding carboxylic acids is 1. The molecule has 0 unspecified atom stereocenters. The molecule has 1 amide bonds. The smallest absolute Gasteiger partial charge is 0.410 e. The van der Waals surface area contributed by atoms with Crippen LogP contribution < -0.4 is 5.73 Å². The van der Waals surface area contributed by atoms with Crippen LogP contribution in [0.25, 0.3) is 0 Å². The fourth-order valence-corrected chi connectivity index (χ4v) is 2.04. The van der Waals surface area contributed by atoms with E-state index >= 15 is 0 Å². The van der Waals surface area contributed by atoms with E-state index in [1.807, 2.05) is 20.8 Å². The molecule has 0 aliphatic carbocycles. The van der Waals surface area contributed by atoms with Crippen molar-refractivity contribution < 1.29 is 9.53 Å². The SMILES string of the molecule is CC(C)(CN)CC1CN(C(=O)OC(C)(C)C)C1.Cl. The van der Waals surface area contributed by atoms with Crippen LogP contribution >= 0.6 is 12.4 Å². The van der Waals surface area contributed by atoms with Gasteiger partial charge in [-0.1, -0.05) is 13.8 Å². The summed E-state index contributed by atoms with van der Waals surface area (Å²) in [4.78, 5) is 13.5. The summed E-state index contributed by atoms with van der Waals surface area (Å²) in [6.45, 7) is 12.3. The fraction of sp³-hybridized carbons (Fsp3) is 0.923. The zero-order valence-corrected chi connectivity index (χ0v) is 13.0. The van der Waals surface area contributed by atoms with Gasteiger partial charge < -0.3 is 15.4 Å². The molecule has 0 atom stereocenters. The summed E-state index contributed by atoms with van der Waals surface area (Å²) < 4.78 is 5.31.